The number of carboxylic acid groups (broad SMARTS) is 1. The molecule has 4 nitrogen and oxygen atoms in total. The molecule has 1 fully saturated rings. The van der Waals surface area contributed by atoms with Crippen molar-refractivity contribution < 1.29 is 14.7 Å². The molecule has 0 radical (unpaired) electrons. The van der Waals surface area contributed by atoms with E-state index in [9.17, 15) is 9.59 Å². The molecule has 1 aliphatic rings. The van der Waals surface area contributed by atoms with E-state index >= 15 is 0 Å². The zero-order chi connectivity index (χ0) is 17.5. The largest absolute Gasteiger partial charge is 0.478 e. The average molecular weight is 323 g/mol. The molecule has 3 rings (SSSR count). The number of benzene rings is 2. The highest BCUT2D eigenvalue weighted by molar-refractivity contribution is 5.99. The number of aromatic carboxylic acids is 1. The van der Waals surface area contributed by atoms with Gasteiger partial charge in [-0.1, -0.05) is 32.0 Å². The van der Waals surface area contributed by atoms with E-state index < -0.39 is 5.97 Å². The second kappa shape index (κ2) is 5.78. The summed E-state index contributed by atoms with van der Waals surface area (Å²) in [4.78, 5) is 25.3. The molecule has 1 amide bonds. The number of carbonyl (C=O) groups excluding carboxylic acids is 1. The first-order valence-corrected chi connectivity index (χ1v) is 8.06. The van der Waals surface area contributed by atoms with Gasteiger partial charge in [-0.2, -0.15) is 0 Å². The molecule has 2 aromatic carbocycles. The fourth-order valence-electron chi connectivity index (χ4n) is 3.14. The van der Waals surface area contributed by atoms with Gasteiger partial charge in [-0.3, -0.25) is 4.79 Å². The van der Waals surface area contributed by atoms with Crippen molar-refractivity contribution in [3.63, 3.8) is 0 Å². The summed E-state index contributed by atoms with van der Waals surface area (Å²) in [6, 6.07) is 12.8. The SMILES string of the molecule is Cc1cc(N2CCC(C)(C)C2=O)ccc1-c1ccc(C(=O)O)cc1. The van der Waals surface area contributed by atoms with Gasteiger partial charge in [0.2, 0.25) is 5.91 Å². The van der Waals surface area contributed by atoms with Crippen LogP contribution in [0.4, 0.5) is 5.69 Å². The number of rotatable bonds is 3. The molecule has 4 heteroatoms. The molecule has 0 aliphatic carbocycles. The number of anilines is 1. The molecule has 1 heterocycles. The molecule has 0 atom stereocenters. The van der Waals surface area contributed by atoms with E-state index in [1.807, 2.05) is 56.0 Å². The summed E-state index contributed by atoms with van der Waals surface area (Å²) in [7, 11) is 0. The van der Waals surface area contributed by atoms with Crippen molar-refractivity contribution in [1.82, 2.24) is 0 Å². The molecule has 0 unspecified atom stereocenters. The van der Waals surface area contributed by atoms with Crippen molar-refractivity contribution in [2.24, 2.45) is 5.41 Å². The summed E-state index contributed by atoms with van der Waals surface area (Å²) in [5, 5.41) is 8.99. The van der Waals surface area contributed by atoms with Gasteiger partial charge in [0.15, 0.2) is 0 Å². The van der Waals surface area contributed by atoms with Gasteiger partial charge in [0, 0.05) is 17.6 Å². The maximum Gasteiger partial charge on any atom is 0.335 e. The van der Waals surface area contributed by atoms with Crippen LogP contribution in [-0.2, 0) is 4.79 Å². The maximum absolute atomic E-state index is 12.5. The maximum atomic E-state index is 12.5. The molecule has 0 saturated carbocycles. The van der Waals surface area contributed by atoms with Crippen molar-refractivity contribution in [2.45, 2.75) is 27.2 Å². The monoisotopic (exact) mass is 323 g/mol. The molecule has 0 spiro atoms. The van der Waals surface area contributed by atoms with E-state index in [0.717, 1.165) is 35.3 Å². The summed E-state index contributed by atoms with van der Waals surface area (Å²) in [5.41, 5.74) is 3.98. The van der Waals surface area contributed by atoms with Gasteiger partial charge < -0.3 is 10.0 Å². The Morgan fingerprint density at radius 2 is 1.79 bits per heavy atom. The normalized spacial score (nSPS) is 16.5. The van der Waals surface area contributed by atoms with Crippen molar-refractivity contribution in [1.29, 1.82) is 0 Å². The summed E-state index contributed by atoms with van der Waals surface area (Å²) < 4.78 is 0. The quantitative estimate of drug-likeness (QED) is 0.924. The zero-order valence-electron chi connectivity index (χ0n) is 14.2. The Labute approximate surface area is 141 Å². The van der Waals surface area contributed by atoms with Crippen molar-refractivity contribution in [3.05, 3.63) is 53.6 Å². The molecule has 1 saturated heterocycles. The van der Waals surface area contributed by atoms with Gasteiger partial charge in [0.25, 0.3) is 0 Å². The van der Waals surface area contributed by atoms with E-state index in [0.29, 0.717) is 0 Å². The van der Waals surface area contributed by atoms with Gasteiger partial charge in [-0.25, -0.2) is 4.79 Å². The van der Waals surface area contributed by atoms with Crippen LogP contribution in [0.3, 0.4) is 0 Å². The molecule has 1 aliphatic heterocycles. The Morgan fingerprint density at radius 3 is 2.29 bits per heavy atom. The fraction of sp³-hybridized carbons (Fsp3) is 0.300. The van der Waals surface area contributed by atoms with Crippen molar-refractivity contribution in [3.8, 4) is 11.1 Å². The molecular formula is C20H21NO3. The van der Waals surface area contributed by atoms with E-state index in [4.69, 9.17) is 5.11 Å². The minimum atomic E-state index is -0.927. The molecule has 1 N–H and O–H groups in total. The Morgan fingerprint density at radius 1 is 1.12 bits per heavy atom. The van der Waals surface area contributed by atoms with Crippen LogP contribution in [0, 0.1) is 12.3 Å². The first-order valence-electron chi connectivity index (χ1n) is 8.06. The molecule has 0 aromatic heterocycles. The highest BCUT2D eigenvalue weighted by Crippen LogP contribution is 2.35. The van der Waals surface area contributed by atoms with Crippen LogP contribution in [-0.4, -0.2) is 23.5 Å². The topological polar surface area (TPSA) is 57.6 Å². The fourth-order valence-corrected chi connectivity index (χ4v) is 3.14. The first kappa shape index (κ1) is 16.2. The molecule has 2 aromatic rings. The minimum absolute atomic E-state index is 0.167. The van der Waals surface area contributed by atoms with Crippen LogP contribution < -0.4 is 4.90 Å². The Kier molecular flexibility index (Phi) is 3.91. The predicted octanol–water partition coefficient (Wildman–Crippen LogP) is 4.12. The van der Waals surface area contributed by atoms with Crippen LogP contribution in [0.2, 0.25) is 0 Å². The lowest BCUT2D eigenvalue weighted by molar-refractivity contribution is -0.123. The highest BCUT2D eigenvalue weighted by atomic mass is 16.4. The molecule has 124 valence electrons. The van der Waals surface area contributed by atoms with Crippen LogP contribution in [0.5, 0.6) is 0 Å². The smallest absolute Gasteiger partial charge is 0.335 e. The van der Waals surface area contributed by atoms with Crippen LogP contribution in [0.15, 0.2) is 42.5 Å². The van der Waals surface area contributed by atoms with Crippen LogP contribution >= 0.6 is 0 Å². The summed E-state index contributed by atoms with van der Waals surface area (Å²) >= 11 is 0. The number of hydrogen-bond acceptors (Lipinski definition) is 2. The van der Waals surface area contributed by atoms with Gasteiger partial charge in [0.05, 0.1) is 5.56 Å². The van der Waals surface area contributed by atoms with Gasteiger partial charge in [0.1, 0.15) is 0 Å². The average Bonchev–Trinajstić information content (AvgIpc) is 2.81. The number of nitrogens with zero attached hydrogens (tertiary/aromatic N) is 1. The highest BCUT2D eigenvalue weighted by Gasteiger charge is 2.39. The lowest BCUT2D eigenvalue weighted by Crippen LogP contribution is -2.30. The van der Waals surface area contributed by atoms with Crippen molar-refractivity contribution in [2.75, 3.05) is 11.4 Å². The second-order valence-electron chi connectivity index (χ2n) is 6.97. The number of amides is 1. The third kappa shape index (κ3) is 2.80. The summed E-state index contributed by atoms with van der Waals surface area (Å²) in [6.45, 7) is 6.73. The standard InChI is InChI=1S/C20H21NO3/c1-13-12-16(21-11-10-20(2,3)19(21)24)8-9-17(13)14-4-6-15(7-5-14)18(22)23/h4-9,12H,10-11H2,1-3H3,(H,22,23). The minimum Gasteiger partial charge on any atom is -0.478 e. The van der Waals surface area contributed by atoms with Gasteiger partial charge >= 0.3 is 5.97 Å². The molecule has 24 heavy (non-hydrogen) atoms. The zero-order valence-corrected chi connectivity index (χ0v) is 14.2. The van der Waals surface area contributed by atoms with Crippen LogP contribution in [0.1, 0.15) is 36.2 Å². The number of carbonyl (C=O) groups is 2. The third-order valence-electron chi connectivity index (χ3n) is 4.75. The number of aryl methyl sites for hydroxylation is 1. The number of carboxylic acids is 1. The lowest BCUT2D eigenvalue weighted by atomic mass is 9.92. The van der Waals surface area contributed by atoms with Gasteiger partial charge in [-0.15, -0.1) is 0 Å². The Balaban J connectivity index is 1.90. The molecular weight excluding hydrogens is 302 g/mol. The molecule has 0 bridgehead atoms. The van der Waals surface area contributed by atoms with E-state index in [1.54, 1.807) is 12.1 Å². The van der Waals surface area contributed by atoms with Crippen LogP contribution in [0.25, 0.3) is 11.1 Å². The van der Waals surface area contributed by atoms with E-state index in [1.165, 1.54) is 0 Å². The van der Waals surface area contributed by atoms with E-state index in [-0.39, 0.29) is 16.9 Å². The Hall–Kier alpha value is -2.62. The third-order valence-corrected chi connectivity index (χ3v) is 4.75. The first-order chi connectivity index (χ1) is 11.3. The Bertz CT molecular complexity index is 806. The predicted molar refractivity (Wildman–Crippen MR) is 94.3 cm³/mol. The lowest BCUT2D eigenvalue weighted by Gasteiger charge is -2.21. The summed E-state index contributed by atoms with van der Waals surface area (Å²) in [6.07, 6.45) is 0.864. The summed E-state index contributed by atoms with van der Waals surface area (Å²) in [5.74, 6) is -0.760. The van der Waals surface area contributed by atoms with Crippen molar-refractivity contribution >= 4 is 17.6 Å². The number of hydrogen-bond donors (Lipinski definition) is 1. The van der Waals surface area contributed by atoms with Gasteiger partial charge in [-0.05, 0) is 54.3 Å². The van der Waals surface area contributed by atoms with E-state index in [2.05, 4.69) is 0 Å². The second-order valence-corrected chi connectivity index (χ2v) is 6.97.